The summed E-state index contributed by atoms with van der Waals surface area (Å²) in [6.07, 6.45) is 5.19. The molecule has 2 aliphatic rings. The van der Waals surface area contributed by atoms with Gasteiger partial charge in [-0.25, -0.2) is 4.39 Å². The molecule has 0 aromatic heterocycles. The standard InChI is InChI=1S/C15H19BrFNO/c1-19-14-7-13(17)12(16)6-11(14)15(18)10-5-8-2-3-9(10)4-8/h6-10,15H,2-5,18H2,1H3. The minimum Gasteiger partial charge on any atom is -0.496 e. The van der Waals surface area contributed by atoms with Crippen LogP contribution < -0.4 is 10.5 Å². The van der Waals surface area contributed by atoms with Crippen molar-refractivity contribution in [2.45, 2.75) is 31.7 Å². The molecule has 0 spiro atoms. The number of halogens is 2. The first-order valence-corrected chi connectivity index (χ1v) is 7.68. The van der Waals surface area contributed by atoms with E-state index in [0.717, 1.165) is 17.4 Å². The van der Waals surface area contributed by atoms with Gasteiger partial charge in [0.2, 0.25) is 0 Å². The molecule has 4 heteroatoms. The Morgan fingerprint density at radius 2 is 2.16 bits per heavy atom. The van der Waals surface area contributed by atoms with Gasteiger partial charge in [0.15, 0.2) is 0 Å². The molecule has 4 atom stereocenters. The zero-order valence-electron chi connectivity index (χ0n) is 11.0. The topological polar surface area (TPSA) is 35.2 Å². The molecule has 0 aliphatic heterocycles. The third kappa shape index (κ3) is 2.29. The van der Waals surface area contributed by atoms with Crippen molar-refractivity contribution in [3.8, 4) is 5.75 Å². The number of fused-ring (bicyclic) bond motifs is 2. The summed E-state index contributed by atoms with van der Waals surface area (Å²) in [5.41, 5.74) is 7.38. The van der Waals surface area contributed by atoms with Crippen LogP contribution in [0.3, 0.4) is 0 Å². The predicted molar refractivity (Wildman–Crippen MR) is 76.5 cm³/mol. The number of nitrogens with two attached hydrogens (primary N) is 1. The lowest BCUT2D eigenvalue weighted by Crippen LogP contribution is -2.26. The zero-order chi connectivity index (χ0) is 13.6. The second kappa shape index (κ2) is 5.06. The Labute approximate surface area is 121 Å². The average molecular weight is 328 g/mol. The molecule has 2 bridgehead atoms. The fourth-order valence-electron chi connectivity index (χ4n) is 3.95. The molecule has 0 amide bonds. The predicted octanol–water partition coefficient (Wildman–Crippen LogP) is 4.03. The van der Waals surface area contributed by atoms with E-state index in [2.05, 4.69) is 15.9 Å². The fourth-order valence-corrected chi connectivity index (χ4v) is 4.31. The van der Waals surface area contributed by atoms with E-state index < -0.39 is 0 Å². The molecule has 104 valence electrons. The van der Waals surface area contributed by atoms with Crippen LogP contribution in [0.2, 0.25) is 0 Å². The zero-order valence-corrected chi connectivity index (χ0v) is 12.6. The number of ether oxygens (including phenoxy) is 1. The molecule has 2 fully saturated rings. The van der Waals surface area contributed by atoms with Crippen LogP contribution in [-0.4, -0.2) is 7.11 Å². The molecular weight excluding hydrogens is 309 g/mol. The molecule has 2 saturated carbocycles. The SMILES string of the molecule is COc1cc(F)c(Br)cc1C(N)C1CC2CCC1C2. The van der Waals surface area contributed by atoms with E-state index in [0.29, 0.717) is 16.1 Å². The van der Waals surface area contributed by atoms with Crippen LogP contribution in [0.5, 0.6) is 5.75 Å². The van der Waals surface area contributed by atoms with Gasteiger partial charge in [-0.05, 0) is 59.0 Å². The largest absolute Gasteiger partial charge is 0.496 e. The van der Waals surface area contributed by atoms with Crippen molar-refractivity contribution in [3.05, 3.63) is 28.0 Å². The Morgan fingerprint density at radius 1 is 1.37 bits per heavy atom. The summed E-state index contributed by atoms with van der Waals surface area (Å²) in [7, 11) is 1.57. The summed E-state index contributed by atoms with van der Waals surface area (Å²) in [5, 5.41) is 0. The number of hydrogen-bond acceptors (Lipinski definition) is 2. The molecule has 2 N–H and O–H groups in total. The van der Waals surface area contributed by atoms with Crippen LogP contribution >= 0.6 is 15.9 Å². The van der Waals surface area contributed by atoms with Crippen molar-refractivity contribution >= 4 is 15.9 Å². The average Bonchev–Trinajstić information content (AvgIpc) is 3.03. The highest BCUT2D eigenvalue weighted by Gasteiger charge is 2.43. The maximum absolute atomic E-state index is 13.6. The first kappa shape index (κ1) is 13.4. The van der Waals surface area contributed by atoms with Crippen LogP contribution in [0.25, 0.3) is 0 Å². The number of methoxy groups -OCH3 is 1. The third-order valence-electron chi connectivity index (χ3n) is 4.89. The molecule has 2 aliphatic carbocycles. The lowest BCUT2D eigenvalue weighted by Gasteiger charge is -2.29. The molecule has 0 heterocycles. The van der Waals surface area contributed by atoms with E-state index in [1.165, 1.54) is 31.7 Å². The highest BCUT2D eigenvalue weighted by atomic mass is 79.9. The Morgan fingerprint density at radius 3 is 2.74 bits per heavy atom. The summed E-state index contributed by atoms with van der Waals surface area (Å²) in [4.78, 5) is 0. The summed E-state index contributed by atoms with van der Waals surface area (Å²) >= 11 is 3.24. The van der Waals surface area contributed by atoms with Crippen molar-refractivity contribution in [2.24, 2.45) is 23.5 Å². The minimum absolute atomic E-state index is 0.0536. The summed E-state index contributed by atoms with van der Waals surface area (Å²) < 4.78 is 19.3. The maximum Gasteiger partial charge on any atom is 0.141 e. The van der Waals surface area contributed by atoms with Crippen LogP contribution in [-0.2, 0) is 0 Å². The molecule has 4 unspecified atom stereocenters. The molecule has 2 nitrogen and oxygen atoms in total. The highest BCUT2D eigenvalue weighted by molar-refractivity contribution is 9.10. The van der Waals surface area contributed by atoms with E-state index in [1.807, 2.05) is 0 Å². The lowest BCUT2D eigenvalue weighted by atomic mass is 9.80. The van der Waals surface area contributed by atoms with Gasteiger partial charge in [-0.15, -0.1) is 0 Å². The van der Waals surface area contributed by atoms with Gasteiger partial charge < -0.3 is 10.5 Å². The van der Waals surface area contributed by atoms with E-state index in [1.54, 1.807) is 13.2 Å². The normalized spacial score (nSPS) is 30.6. The molecule has 19 heavy (non-hydrogen) atoms. The van der Waals surface area contributed by atoms with Crippen molar-refractivity contribution < 1.29 is 9.13 Å². The lowest BCUT2D eigenvalue weighted by molar-refractivity contribution is 0.278. The smallest absolute Gasteiger partial charge is 0.141 e. The summed E-state index contributed by atoms with van der Waals surface area (Å²) in [6, 6.07) is 3.15. The Bertz CT molecular complexity index is 493. The second-order valence-electron chi connectivity index (χ2n) is 5.87. The molecule has 0 radical (unpaired) electrons. The minimum atomic E-state index is -0.305. The number of benzene rings is 1. The van der Waals surface area contributed by atoms with Gasteiger partial charge in [0.05, 0.1) is 11.6 Å². The van der Waals surface area contributed by atoms with Gasteiger partial charge in [0, 0.05) is 17.7 Å². The van der Waals surface area contributed by atoms with E-state index in [-0.39, 0.29) is 11.9 Å². The van der Waals surface area contributed by atoms with Crippen molar-refractivity contribution in [3.63, 3.8) is 0 Å². The maximum atomic E-state index is 13.6. The molecule has 1 aromatic rings. The van der Waals surface area contributed by atoms with Gasteiger partial charge in [-0.1, -0.05) is 6.42 Å². The number of rotatable bonds is 3. The molecule has 1 aromatic carbocycles. The van der Waals surface area contributed by atoms with Gasteiger partial charge in [-0.3, -0.25) is 0 Å². The quantitative estimate of drug-likeness (QED) is 0.909. The molecule has 0 saturated heterocycles. The molecular formula is C15H19BrFNO. The first-order valence-electron chi connectivity index (χ1n) is 6.88. The summed E-state index contributed by atoms with van der Waals surface area (Å²) in [5.74, 6) is 2.38. The second-order valence-corrected chi connectivity index (χ2v) is 6.73. The van der Waals surface area contributed by atoms with Crippen LogP contribution in [0.4, 0.5) is 4.39 Å². The molecule has 3 rings (SSSR count). The van der Waals surface area contributed by atoms with Crippen molar-refractivity contribution in [1.82, 2.24) is 0 Å². The van der Waals surface area contributed by atoms with Crippen LogP contribution in [0.15, 0.2) is 16.6 Å². The van der Waals surface area contributed by atoms with E-state index >= 15 is 0 Å². The van der Waals surface area contributed by atoms with Gasteiger partial charge >= 0.3 is 0 Å². The van der Waals surface area contributed by atoms with Crippen LogP contribution in [0.1, 0.15) is 37.3 Å². The van der Waals surface area contributed by atoms with Crippen LogP contribution in [0, 0.1) is 23.6 Å². The Kier molecular flexibility index (Phi) is 3.56. The Hall–Kier alpha value is -0.610. The van der Waals surface area contributed by atoms with Gasteiger partial charge in [-0.2, -0.15) is 0 Å². The number of hydrogen-bond donors (Lipinski definition) is 1. The highest BCUT2D eigenvalue weighted by Crippen LogP contribution is 2.52. The van der Waals surface area contributed by atoms with Gasteiger partial charge in [0.25, 0.3) is 0 Å². The van der Waals surface area contributed by atoms with E-state index in [4.69, 9.17) is 10.5 Å². The van der Waals surface area contributed by atoms with Crippen molar-refractivity contribution in [2.75, 3.05) is 7.11 Å². The first-order chi connectivity index (χ1) is 9.10. The fraction of sp³-hybridized carbons (Fsp3) is 0.600. The summed E-state index contributed by atoms with van der Waals surface area (Å²) in [6.45, 7) is 0. The monoisotopic (exact) mass is 327 g/mol. The third-order valence-corrected chi connectivity index (χ3v) is 5.49. The van der Waals surface area contributed by atoms with E-state index in [9.17, 15) is 4.39 Å². The Balaban J connectivity index is 1.90. The van der Waals surface area contributed by atoms with Crippen molar-refractivity contribution in [1.29, 1.82) is 0 Å². The van der Waals surface area contributed by atoms with Gasteiger partial charge in [0.1, 0.15) is 11.6 Å².